The molecule has 0 heterocycles. The Morgan fingerprint density at radius 1 is 1.00 bits per heavy atom. The van der Waals surface area contributed by atoms with Crippen LogP contribution in [0.1, 0.15) is 0 Å². The van der Waals surface area contributed by atoms with E-state index in [9.17, 15) is 0 Å². The van der Waals surface area contributed by atoms with Gasteiger partial charge in [0.2, 0.25) is 0 Å². The first-order valence-corrected chi connectivity index (χ1v) is 0. The van der Waals surface area contributed by atoms with E-state index in [4.69, 9.17) is 0 Å². The van der Waals surface area contributed by atoms with Gasteiger partial charge in [-0.3, -0.25) is 0 Å². The zero-order valence-electron chi connectivity index (χ0n) is 2.03. The van der Waals surface area contributed by atoms with Gasteiger partial charge in [-0.25, -0.2) is 0 Å². The van der Waals surface area contributed by atoms with Crippen molar-refractivity contribution < 1.29 is 53.0 Å². The van der Waals surface area contributed by atoms with Crippen LogP contribution in [-0.4, -0.2) is 0 Å². The number of hydrogen-bond acceptors (Lipinski definition) is 0. The topological polar surface area (TPSA) is 0 Å². The molecule has 0 saturated heterocycles. The molecule has 1 unspecified atom stereocenters. The Morgan fingerprint density at radius 3 is 1.00 bits per heavy atom. The maximum atomic E-state index is 0. The maximum Gasteiger partial charge on any atom is 0 e. The monoisotopic (exact) mass is 219 g/mol. The van der Waals surface area contributed by atoms with Gasteiger partial charge in [0.25, 0.3) is 0 Å². The average molecular weight is 222 g/mol. The van der Waals surface area contributed by atoms with E-state index in [-0.39, 0.29) is 62.9 Å². The second kappa shape index (κ2) is 19.6. The Hall–Kier alpha value is 2.07. The van der Waals surface area contributed by atoms with Gasteiger partial charge < -0.3 is 0 Å². The molecule has 0 aliphatic carbocycles. The standard InChI is InChI=1S/Cu.Ni.H3P.Zn/h;;1H3;. The SMILES string of the molecule is P.[Cu].[Ni].[Zn]. The second-order valence-electron chi connectivity index (χ2n) is 0. The molecule has 0 spiro atoms. The van der Waals surface area contributed by atoms with Gasteiger partial charge >= 0.3 is 0 Å². The van der Waals surface area contributed by atoms with Gasteiger partial charge in [-0.1, -0.05) is 0 Å². The second-order valence-corrected chi connectivity index (χ2v) is 0. The van der Waals surface area contributed by atoms with Crippen molar-refractivity contribution in [3.8, 4) is 0 Å². The van der Waals surface area contributed by atoms with Gasteiger partial charge in [-0.05, 0) is 0 Å². The van der Waals surface area contributed by atoms with Crippen LogP contribution in [0.2, 0.25) is 0 Å². The third-order valence-corrected chi connectivity index (χ3v) is 0. The Morgan fingerprint density at radius 2 is 1.00 bits per heavy atom. The van der Waals surface area contributed by atoms with Gasteiger partial charge in [0.1, 0.15) is 0 Å². The molecule has 0 N–H and O–H groups in total. The summed E-state index contributed by atoms with van der Waals surface area (Å²) in [6, 6.07) is 0. The van der Waals surface area contributed by atoms with Gasteiger partial charge in [0, 0.05) is 53.0 Å². The summed E-state index contributed by atoms with van der Waals surface area (Å²) in [7, 11) is 0. The van der Waals surface area contributed by atoms with Crippen molar-refractivity contribution in [2.75, 3.05) is 0 Å². The van der Waals surface area contributed by atoms with Crippen LogP contribution in [0.4, 0.5) is 0 Å². The van der Waals surface area contributed by atoms with Crippen LogP contribution in [0.5, 0.6) is 0 Å². The first-order chi connectivity index (χ1) is 0. The van der Waals surface area contributed by atoms with E-state index in [1.165, 1.54) is 0 Å². The van der Waals surface area contributed by atoms with Gasteiger partial charge in [0.15, 0.2) is 0 Å². The number of hydrogen-bond donors (Lipinski definition) is 0. The van der Waals surface area contributed by atoms with E-state index in [1.807, 2.05) is 0 Å². The van der Waals surface area contributed by atoms with Crippen molar-refractivity contribution in [1.82, 2.24) is 0 Å². The molecule has 1 radical (unpaired) electrons. The molecule has 0 aliphatic rings. The van der Waals surface area contributed by atoms with Crippen LogP contribution in [0.15, 0.2) is 0 Å². The summed E-state index contributed by atoms with van der Waals surface area (Å²) < 4.78 is 0. The summed E-state index contributed by atoms with van der Waals surface area (Å²) in [6.45, 7) is 0. The Kier molecular flexibility index (Phi) is 179. The van der Waals surface area contributed by atoms with E-state index in [2.05, 4.69) is 0 Å². The minimum atomic E-state index is 0. The molecule has 4 heavy (non-hydrogen) atoms. The summed E-state index contributed by atoms with van der Waals surface area (Å²) in [6.07, 6.45) is 0. The quantitative estimate of drug-likeness (QED) is 0.401. The molecule has 0 bridgehead atoms. The number of rotatable bonds is 0. The van der Waals surface area contributed by atoms with Crippen molar-refractivity contribution in [1.29, 1.82) is 0 Å². The van der Waals surface area contributed by atoms with Gasteiger partial charge in [-0.2, -0.15) is 9.90 Å². The van der Waals surface area contributed by atoms with Crippen LogP contribution >= 0.6 is 9.90 Å². The summed E-state index contributed by atoms with van der Waals surface area (Å²) in [5.41, 5.74) is 0. The van der Waals surface area contributed by atoms with E-state index in [0.717, 1.165) is 0 Å². The van der Waals surface area contributed by atoms with E-state index < -0.39 is 0 Å². The molecule has 0 amide bonds. The zero-order chi connectivity index (χ0) is 0. The van der Waals surface area contributed by atoms with Crippen molar-refractivity contribution in [3.63, 3.8) is 0 Å². The summed E-state index contributed by atoms with van der Waals surface area (Å²) in [4.78, 5) is 0. The third kappa shape index (κ3) is 8.95. The van der Waals surface area contributed by atoms with Crippen LogP contribution in [0, 0.1) is 0 Å². The molecule has 4 heteroatoms. The summed E-state index contributed by atoms with van der Waals surface area (Å²) in [5.74, 6) is 0. The maximum absolute atomic E-state index is 0. The molecule has 0 aliphatic heterocycles. The predicted molar refractivity (Wildman–Crippen MR) is 11.1 cm³/mol. The first kappa shape index (κ1) is 36.5. The van der Waals surface area contributed by atoms with Crippen molar-refractivity contribution in [2.45, 2.75) is 0 Å². The van der Waals surface area contributed by atoms with E-state index in [0.29, 0.717) is 0 Å². The fourth-order valence-corrected chi connectivity index (χ4v) is 0. The largest absolute Gasteiger partial charge is 0.153 e. The normalized spacial score (nSPS) is 0. The fourth-order valence-electron chi connectivity index (χ4n) is 0. The fraction of sp³-hybridized carbons (Fsp3) is 0. The summed E-state index contributed by atoms with van der Waals surface area (Å²) >= 11 is 0. The average Bonchev–Trinajstić information content (AvgIpc) is 0. The Balaban J connectivity index is 0. The molecular weight excluding hydrogens is 219 g/mol. The third-order valence-electron chi connectivity index (χ3n) is 0. The molecule has 0 nitrogen and oxygen atoms in total. The molecule has 0 aromatic rings. The molecule has 31 valence electrons. The zero-order valence-corrected chi connectivity index (χ0v) is 8.34. The van der Waals surface area contributed by atoms with E-state index in [1.54, 1.807) is 0 Å². The van der Waals surface area contributed by atoms with Crippen LogP contribution in [0.3, 0.4) is 0 Å². The predicted octanol–water partition coefficient (Wildman–Crippen LogP) is 0.0506. The Bertz CT molecular complexity index is 8.00. The first-order valence-electron chi connectivity index (χ1n) is 0. The molecule has 1 atom stereocenters. The van der Waals surface area contributed by atoms with Crippen LogP contribution < -0.4 is 0 Å². The molecule has 0 aromatic heterocycles. The minimum absolute atomic E-state index is 0. The molecule has 0 aromatic carbocycles. The van der Waals surface area contributed by atoms with Crippen LogP contribution in [0.25, 0.3) is 0 Å². The van der Waals surface area contributed by atoms with Crippen molar-refractivity contribution >= 4 is 9.90 Å². The van der Waals surface area contributed by atoms with Crippen molar-refractivity contribution in [3.05, 3.63) is 0 Å². The van der Waals surface area contributed by atoms with E-state index >= 15 is 0 Å². The molecule has 0 rings (SSSR count). The van der Waals surface area contributed by atoms with Crippen LogP contribution in [-0.2, 0) is 53.0 Å². The Labute approximate surface area is 62.6 Å². The smallest absolute Gasteiger partial charge is 0 e. The van der Waals surface area contributed by atoms with Gasteiger partial charge in [-0.15, -0.1) is 0 Å². The molecule has 0 fully saturated rings. The molecule has 0 saturated carbocycles. The summed E-state index contributed by atoms with van der Waals surface area (Å²) in [5, 5.41) is 0. The van der Waals surface area contributed by atoms with Crippen molar-refractivity contribution in [2.24, 2.45) is 0 Å². The van der Waals surface area contributed by atoms with Gasteiger partial charge in [0.05, 0.1) is 0 Å². The molecular formula is H3CuNiPZn. The minimum Gasteiger partial charge on any atom is -0.153 e.